The maximum atomic E-state index is 12.1. The molecule has 1 aromatic heterocycles. The van der Waals surface area contributed by atoms with Gasteiger partial charge in [-0.05, 0) is 25.8 Å². The number of rotatable bonds is 11. The Morgan fingerprint density at radius 3 is 2.38 bits per heavy atom. The van der Waals surface area contributed by atoms with Crippen molar-refractivity contribution in [3.63, 3.8) is 0 Å². The third kappa shape index (κ3) is 18.8. The highest BCUT2D eigenvalue weighted by atomic mass is 19.4. The summed E-state index contributed by atoms with van der Waals surface area (Å²) in [5.41, 5.74) is 5.40. The number of aliphatic imine (C=N–C) groups is 1. The number of aryl methyl sites for hydroxylation is 1. The monoisotopic (exact) mass is 492 g/mol. The first-order valence-electron chi connectivity index (χ1n) is 9.93. The lowest BCUT2D eigenvalue weighted by atomic mass is 10.2. The van der Waals surface area contributed by atoms with E-state index in [1.165, 1.54) is 12.3 Å². The van der Waals surface area contributed by atoms with Crippen LogP contribution in [0.3, 0.4) is 0 Å². The Labute approximate surface area is 193 Å². The molecular formula is C19H27F3N6O6. The van der Waals surface area contributed by atoms with E-state index in [9.17, 15) is 27.6 Å². The number of carbonyl (C=O) groups excluding carboxylic acids is 1. The largest absolute Gasteiger partial charge is 0.478 e. The first-order valence-corrected chi connectivity index (χ1v) is 9.93. The van der Waals surface area contributed by atoms with Gasteiger partial charge in [-0.3, -0.25) is 0 Å². The normalized spacial score (nSPS) is 11.4. The number of nitrogens with two attached hydrogens (primary N) is 1. The van der Waals surface area contributed by atoms with E-state index in [0.29, 0.717) is 37.5 Å². The first kappa shape index (κ1) is 30.1. The van der Waals surface area contributed by atoms with Gasteiger partial charge in [0.15, 0.2) is 5.96 Å². The van der Waals surface area contributed by atoms with Crippen molar-refractivity contribution in [2.24, 2.45) is 10.7 Å². The molecule has 34 heavy (non-hydrogen) atoms. The molecule has 0 spiro atoms. The van der Waals surface area contributed by atoms with Gasteiger partial charge in [-0.25, -0.2) is 29.3 Å². The van der Waals surface area contributed by atoms with Crippen LogP contribution in [0.15, 0.2) is 29.4 Å². The van der Waals surface area contributed by atoms with Gasteiger partial charge in [-0.1, -0.05) is 6.42 Å². The van der Waals surface area contributed by atoms with E-state index in [1.807, 2.05) is 0 Å². The van der Waals surface area contributed by atoms with Gasteiger partial charge in [0.1, 0.15) is 18.2 Å². The topological polar surface area (TPSA) is 189 Å². The molecule has 0 aromatic carbocycles. The van der Waals surface area contributed by atoms with Gasteiger partial charge in [0.25, 0.3) is 0 Å². The number of aliphatic carboxylic acids is 2. The van der Waals surface area contributed by atoms with Crippen LogP contribution >= 0.6 is 0 Å². The molecule has 0 atom stereocenters. The molecule has 6 N–H and O–H groups in total. The number of nitrogens with zero attached hydrogens (tertiary/aromatic N) is 3. The number of alkyl halides is 3. The number of amides is 1. The van der Waals surface area contributed by atoms with Crippen LogP contribution < -0.4 is 16.4 Å². The third-order valence-corrected chi connectivity index (χ3v) is 3.38. The van der Waals surface area contributed by atoms with E-state index < -0.39 is 30.8 Å². The summed E-state index contributed by atoms with van der Waals surface area (Å²) in [6, 6.07) is 1.49. The standard InChI is InChI=1S/C15H23F3N6O2.C4H4O4/c1-2-26-14(25)21-8-5-3-4-6-11-20-9-7-12(23-11)24-13(19)22-10-15(16,17)18;5-3(6)1-2-4(7)8/h7,9H,2-6,8,10H2,1H3,(H,21,25)(H3,19,20,22,23,24);1-2H,(H,5,6)(H,7,8)/b;2-1-. The molecule has 1 aromatic rings. The van der Waals surface area contributed by atoms with Crippen LogP contribution in [0.4, 0.5) is 23.8 Å². The highest BCUT2D eigenvalue weighted by Crippen LogP contribution is 2.14. The van der Waals surface area contributed by atoms with Gasteiger partial charge in [0, 0.05) is 31.3 Å². The molecule has 0 aliphatic carbocycles. The minimum atomic E-state index is -4.41. The summed E-state index contributed by atoms with van der Waals surface area (Å²) in [5, 5.41) is 20.8. The van der Waals surface area contributed by atoms with Crippen molar-refractivity contribution in [2.45, 2.75) is 38.8 Å². The van der Waals surface area contributed by atoms with Crippen molar-refractivity contribution >= 4 is 29.8 Å². The van der Waals surface area contributed by atoms with Crippen LogP contribution in [0.5, 0.6) is 0 Å². The predicted octanol–water partition coefficient (Wildman–Crippen LogP) is 1.94. The molecule has 0 aliphatic rings. The number of hydrogen-bond acceptors (Lipinski definition) is 7. The molecule has 0 saturated carbocycles. The SMILES string of the molecule is CCOC(=O)NCCCCCc1nccc(NC(N)=NCC(F)(F)F)n1.O=C(O)/C=C\C(=O)O. The molecular weight excluding hydrogens is 465 g/mol. The fourth-order valence-electron chi connectivity index (χ4n) is 2.03. The number of alkyl carbamates (subject to hydrolysis) is 1. The van der Waals surface area contributed by atoms with Crippen LogP contribution in [0.2, 0.25) is 0 Å². The number of carbonyl (C=O) groups is 3. The Morgan fingerprint density at radius 1 is 1.18 bits per heavy atom. The van der Waals surface area contributed by atoms with Crippen LogP contribution in [0, 0.1) is 0 Å². The third-order valence-electron chi connectivity index (χ3n) is 3.38. The van der Waals surface area contributed by atoms with Crippen molar-refractivity contribution in [1.29, 1.82) is 0 Å². The van der Waals surface area contributed by atoms with Gasteiger partial charge in [0.05, 0.1) is 6.61 Å². The van der Waals surface area contributed by atoms with Gasteiger partial charge < -0.3 is 31.3 Å². The number of anilines is 1. The highest BCUT2D eigenvalue weighted by molar-refractivity contribution is 5.91. The number of ether oxygens (including phenoxy) is 1. The number of hydrogen-bond donors (Lipinski definition) is 5. The number of nitrogens with one attached hydrogen (secondary N) is 2. The molecule has 1 amide bonds. The maximum Gasteiger partial charge on any atom is 0.408 e. The molecule has 190 valence electrons. The lowest BCUT2D eigenvalue weighted by Gasteiger charge is -2.08. The molecule has 0 radical (unpaired) electrons. The Morgan fingerprint density at radius 2 is 1.82 bits per heavy atom. The summed E-state index contributed by atoms with van der Waals surface area (Å²) in [7, 11) is 0. The number of guanidine groups is 1. The average molecular weight is 492 g/mol. The van der Waals surface area contributed by atoms with Crippen molar-refractivity contribution in [3.05, 3.63) is 30.2 Å². The Kier molecular flexibility index (Phi) is 14.8. The molecule has 0 bridgehead atoms. The smallest absolute Gasteiger partial charge is 0.408 e. The summed E-state index contributed by atoms with van der Waals surface area (Å²) in [5.74, 6) is -2.06. The second kappa shape index (κ2) is 16.7. The van der Waals surface area contributed by atoms with Gasteiger partial charge in [-0.15, -0.1) is 0 Å². The summed E-state index contributed by atoms with van der Waals surface area (Å²) in [6.45, 7) is 1.23. The Bertz CT molecular complexity index is 832. The van der Waals surface area contributed by atoms with E-state index >= 15 is 0 Å². The zero-order valence-corrected chi connectivity index (χ0v) is 18.3. The summed E-state index contributed by atoms with van der Waals surface area (Å²) >= 11 is 0. The van der Waals surface area contributed by atoms with E-state index in [2.05, 4.69) is 25.6 Å². The molecule has 1 rings (SSSR count). The fourth-order valence-corrected chi connectivity index (χ4v) is 2.03. The van der Waals surface area contributed by atoms with Gasteiger partial charge in [0.2, 0.25) is 0 Å². The van der Waals surface area contributed by atoms with Gasteiger partial charge in [-0.2, -0.15) is 13.2 Å². The summed E-state index contributed by atoms with van der Waals surface area (Å²) < 4.78 is 41.0. The van der Waals surface area contributed by atoms with Crippen molar-refractivity contribution in [1.82, 2.24) is 15.3 Å². The highest BCUT2D eigenvalue weighted by Gasteiger charge is 2.26. The van der Waals surface area contributed by atoms with Crippen LogP contribution in [0.1, 0.15) is 32.0 Å². The molecule has 15 heteroatoms. The van der Waals surface area contributed by atoms with Crippen LogP contribution in [0.25, 0.3) is 0 Å². The molecule has 1 heterocycles. The van der Waals surface area contributed by atoms with E-state index in [-0.39, 0.29) is 11.8 Å². The van der Waals surface area contributed by atoms with E-state index in [1.54, 1.807) is 6.92 Å². The molecule has 0 unspecified atom stereocenters. The van der Waals surface area contributed by atoms with Crippen molar-refractivity contribution in [2.75, 3.05) is 25.0 Å². The lowest BCUT2D eigenvalue weighted by molar-refractivity contribution is -0.134. The second-order valence-electron chi connectivity index (χ2n) is 6.27. The first-order chi connectivity index (χ1) is 15.9. The van der Waals surface area contributed by atoms with Crippen molar-refractivity contribution < 1.29 is 42.5 Å². The Hall–Kier alpha value is -3.91. The van der Waals surface area contributed by atoms with E-state index in [4.69, 9.17) is 20.7 Å². The molecule has 0 aliphatic heterocycles. The van der Waals surface area contributed by atoms with E-state index in [0.717, 1.165) is 19.3 Å². The van der Waals surface area contributed by atoms with Crippen molar-refractivity contribution in [3.8, 4) is 0 Å². The minimum Gasteiger partial charge on any atom is -0.478 e. The maximum absolute atomic E-state index is 12.1. The quantitative estimate of drug-likeness (QED) is 0.132. The zero-order valence-electron chi connectivity index (χ0n) is 18.3. The second-order valence-corrected chi connectivity index (χ2v) is 6.27. The zero-order chi connectivity index (χ0) is 26.0. The van der Waals surface area contributed by atoms with Crippen LogP contribution in [-0.2, 0) is 20.7 Å². The average Bonchev–Trinajstić information content (AvgIpc) is 2.74. The van der Waals surface area contributed by atoms with Gasteiger partial charge >= 0.3 is 24.2 Å². The minimum absolute atomic E-state index is 0.280. The summed E-state index contributed by atoms with van der Waals surface area (Å²) in [6.07, 6.45) is 0.788. The van der Waals surface area contributed by atoms with Crippen LogP contribution in [-0.4, -0.2) is 70.0 Å². The fraction of sp³-hybridized carbons (Fsp3) is 0.474. The number of unbranched alkanes of at least 4 members (excludes halogenated alkanes) is 2. The summed E-state index contributed by atoms with van der Waals surface area (Å²) in [4.78, 5) is 41.7. The number of aromatic nitrogens is 2. The number of carboxylic acids is 2. The Balaban J connectivity index is 0.00000116. The molecule has 0 fully saturated rings. The molecule has 0 saturated heterocycles. The lowest BCUT2D eigenvalue weighted by Crippen LogP contribution is -2.26. The number of carboxylic acid groups (broad SMARTS) is 2. The number of halogens is 3. The predicted molar refractivity (Wildman–Crippen MR) is 115 cm³/mol. The molecule has 12 nitrogen and oxygen atoms in total.